The molecule has 1 fully saturated rings. The second-order valence-corrected chi connectivity index (χ2v) is 17.5. The van der Waals surface area contributed by atoms with E-state index in [2.05, 4.69) is 35.3 Å². The van der Waals surface area contributed by atoms with Gasteiger partial charge in [0.2, 0.25) is 0 Å². The average molecular weight is 577 g/mol. The van der Waals surface area contributed by atoms with E-state index >= 15 is 0 Å². The van der Waals surface area contributed by atoms with Gasteiger partial charge in [0.25, 0.3) is 0 Å². The summed E-state index contributed by atoms with van der Waals surface area (Å²) >= 11 is 6.67. The SMILES string of the molecule is C[Si](C)(C)CCOCn1cc(C(=O)c2ccc(Oc3ccccc3)cc2Cl)c2c(NC3CCNCC3)ccnc21. The van der Waals surface area contributed by atoms with Gasteiger partial charge in [-0.2, -0.15) is 0 Å². The number of fused-ring (bicyclic) bond motifs is 1. The lowest BCUT2D eigenvalue weighted by atomic mass is 10.0. The summed E-state index contributed by atoms with van der Waals surface area (Å²) in [5.41, 5.74) is 2.58. The maximum absolute atomic E-state index is 14.0. The van der Waals surface area contributed by atoms with Gasteiger partial charge in [-0.05, 0) is 62.3 Å². The number of carbonyl (C=O) groups is 1. The number of aromatic nitrogens is 2. The molecule has 3 heterocycles. The number of benzene rings is 2. The van der Waals surface area contributed by atoms with E-state index in [0.717, 1.165) is 48.7 Å². The van der Waals surface area contributed by atoms with Crippen molar-refractivity contribution < 1.29 is 14.3 Å². The summed E-state index contributed by atoms with van der Waals surface area (Å²) in [6.45, 7) is 9.94. The fourth-order valence-electron chi connectivity index (χ4n) is 4.85. The predicted octanol–water partition coefficient (Wildman–Crippen LogP) is 7.19. The molecule has 40 heavy (non-hydrogen) atoms. The molecule has 0 spiro atoms. The number of carbonyl (C=O) groups excluding carboxylic acids is 1. The molecule has 0 amide bonds. The molecular weight excluding hydrogens is 540 g/mol. The molecule has 2 N–H and O–H groups in total. The minimum absolute atomic E-state index is 0.163. The van der Waals surface area contributed by atoms with Crippen molar-refractivity contribution in [3.05, 3.63) is 83.1 Å². The maximum atomic E-state index is 14.0. The summed E-state index contributed by atoms with van der Waals surface area (Å²) in [5, 5.41) is 8.22. The highest BCUT2D eigenvalue weighted by atomic mass is 35.5. The van der Waals surface area contributed by atoms with E-state index in [1.807, 2.05) is 47.2 Å². The van der Waals surface area contributed by atoms with Crippen LogP contribution >= 0.6 is 11.6 Å². The largest absolute Gasteiger partial charge is 0.457 e. The van der Waals surface area contributed by atoms with E-state index < -0.39 is 8.07 Å². The number of ketones is 1. The van der Waals surface area contributed by atoms with E-state index in [-0.39, 0.29) is 5.78 Å². The molecule has 0 unspecified atom stereocenters. The summed E-state index contributed by atoms with van der Waals surface area (Å²) in [6, 6.07) is 18.0. The molecule has 0 atom stereocenters. The molecule has 0 radical (unpaired) electrons. The summed E-state index contributed by atoms with van der Waals surface area (Å²) in [7, 11) is -1.22. The molecule has 210 valence electrons. The monoisotopic (exact) mass is 576 g/mol. The molecule has 1 saturated heterocycles. The molecule has 0 aliphatic carbocycles. The summed E-state index contributed by atoms with van der Waals surface area (Å²) in [5.74, 6) is 1.11. The smallest absolute Gasteiger partial charge is 0.196 e. The number of halogens is 1. The van der Waals surface area contributed by atoms with Crippen LogP contribution in [0.25, 0.3) is 11.0 Å². The van der Waals surface area contributed by atoms with E-state index in [1.54, 1.807) is 24.4 Å². The predicted molar refractivity (Wildman–Crippen MR) is 165 cm³/mol. The number of anilines is 1. The normalized spacial score (nSPS) is 14.4. The zero-order valence-corrected chi connectivity index (χ0v) is 25.1. The van der Waals surface area contributed by atoms with Gasteiger partial charge in [-0.3, -0.25) is 4.79 Å². The van der Waals surface area contributed by atoms with Crippen molar-refractivity contribution in [2.24, 2.45) is 0 Å². The Labute approximate surface area is 241 Å². The molecule has 1 aliphatic rings. The number of nitrogens with one attached hydrogen (secondary N) is 2. The van der Waals surface area contributed by atoms with Crippen LogP contribution in [0.3, 0.4) is 0 Å². The number of piperidine rings is 1. The minimum Gasteiger partial charge on any atom is -0.457 e. The van der Waals surface area contributed by atoms with Crippen molar-refractivity contribution in [2.45, 2.75) is 51.3 Å². The average Bonchev–Trinajstić information content (AvgIpc) is 3.31. The number of nitrogens with zero attached hydrogens (tertiary/aromatic N) is 2. The van der Waals surface area contributed by atoms with Gasteiger partial charge in [0.1, 0.15) is 23.9 Å². The molecule has 0 bridgehead atoms. The van der Waals surface area contributed by atoms with Gasteiger partial charge < -0.3 is 24.7 Å². The van der Waals surface area contributed by atoms with Gasteiger partial charge in [-0.1, -0.05) is 49.4 Å². The number of ether oxygens (including phenoxy) is 2. The fourth-order valence-corrected chi connectivity index (χ4v) is 5.86. The van der Waals surface area contributed by atoms with Gasteiger partial charge in [-0.25, -0.2) is 4.98 Å². The molecule has 5 rings (SSSR count). The molecule has 7 nitrogen and oxygen atoms in total. The summed E-state index contributed by atoms with van der Waals surface area (Å²) < 4.78 is 13.9. The van der Waals surface area contributed by atoms with Gasteiger partial charge in [0.15, 0.2) is 5.78 Å². The first-order valence-corrected chi connectivity index (χ1v) is 18.0. The first kappa shape index (κ1) is 28.4. The third-order valence-electron chi connectivity index (χ3n) is 7.09. The van der Waals surface area contributed by atoms with Crippen LogP contribution in [0.2, 0.25) is 30.7 Å². The molecule has 1 aliphatic heterocycles. The number of hydrogen-bond donors (Lipinski definition) is 2. The zero-order chi connectivity index (χ0) is 28.1. The van der Waals surface area contributed by atoms with Crippen LogP contribution in [0.15, 0.2) is 67.0 Å². The first-order chi connectivity index (χ1) is 19.3. The van der Waals surface area contributed by atoms with Crippen LogP contribution in [0, 0.1) is 0 Å². The molecule has 0 saturated carbocycles. The second-order valence-electron chi connectivity index (χ2n) is 11.5. The summed E-state index contributed by atoms with van der Waals surface area (Å²) in [6.07, 6.45) is 5.68. The Morgan fingerprint density at radius 1 is 1.07 bits per heavy atom. The highest BCUT2D eigenvalue weighted by Crippen LogP contribution is 2.34. The van der Waals surface area contributed by atoms with Crippen LogP contribution < -0.4 is 15.4 Å². The molecule has 4 aromatic rings. The first-order valence-electron chi connectivity index (χ1n) is 13.9. The Bertz CT molecular complexity index is 1460. The Kier molecular flexibility index (Phi) is 8.90. The standard InChI is InChI=1S/C31H37ClN4O3Si/c1-40(2,3)18-17-38-21-36-20-26(29-28(13-16-34-31(29)36)35-22-11-14-33-15-12-22)30(37)25-10-9-24(19-27(25)32)39-23-7-5-4-6-8-23/h4-10,13,16,19-20,22,33H,11-12,14-15,17-18,21H2,1-3H3,(H,34,35). The van der Waals surface area contributed by atoms with Crippen LogP contribution in [0.4, 0.5) is 5.69 Å². The maximum Gasteiger partial charge on any atom is 0.196 e. The van der Waals surface area contributed by atoms with Crippen molar-refractivity contribution in [1.82, 2.24) is 14.9 Å². The van der Waals surface area contributed by atoms with Gasteiger partial charge in [0.05, 0.1) is 16.0 Å². The Morgan fingerprint density at radius 2 is 1.85 bits per heavy atom. The third-order valence-corrected chi connectivity index (χ3v) is 9.11. The van der Waals surface area contributed by atoms with Crippen molar-refractivity contribution in [3.63, 3.8) is 0 Å². The molecule has 9 heteroatoms. The minimum atomic E-state index is -1.22. The lowest BCUT2D eigenvalue weighted by molar-refractivity contribution is 0.0896. The van der Waals surface area contributed by atoms with E-state index in [9.17, 15) is 4.79 Å². The zero-order valence-electron chi connectivity index (χ0n) is 23.4. The van der Waals surface area contributed by atoms with Gasteiger partial charge in [0, 0.05) is 50.4 Å². The van der Waals surface area contributed by atoms with E-state index in [0.29, 0.717) is 47.0 Å². The Balaban J connectivity index is 1.47. The van der Waals surface area contributed by atoms with Crippen LogP contribution in [-0.2, 0) is 11.5 Å². The van der Waals surface area contributed by atoms with Crippen LogP contribution in [0.1, 0.15) is 28.8 Å². The highest BCUT2D eigenvalue weighted by Gasteiger charge is 2.24. The van der Waals surface area contributed by atoms with E-state index in [1.165, 1.54) is 0 Å². The van der Waals surface area contributed by atoms with Gasteiger partial charge >= 0.3 is 0 Å². The topological polar surface area (TPSA) is 77.4 Å². The second kappa shape index (κ2) is 12.6. The number of hydrogen-bond acceptors (Lipinski definition) is 6. The van der Waals surface area contributed by atoms with Crippen molar-refractivity contribution in [3.8, 4) is 11.5 Å². The Hall–Kier alpha value is -3.17. The quantitative estimate of drug-likeness (QED) is 0.112. The lowest BCUT2D eigenvalue weighted by Crippen LogP contribution is -2.35. The van der Waals surface area contributed by atoms with Crippen molar-refractivity contribution in [2.75, 3.05) is 25.0 Å². The van der Waals surface area contributed by atoms with E-state index in [4.69, 9.17) is 21.1 Å². The highest BCUT2D eigenvalue weighted by molar-refractivity contribution is 6.76. The lowest BCUT2D eigenvalue weighted by Gasteiger charge is -2.25. The summed E-state index contributed by atoms with van der Waals surface area (Å²) in [4.78, 5) is 18.7. The molecule has 2 aromatic carbocycles. The number of pyridine rings is 1. The third kappa shape index (κ3) is 6.93. The van der Waals surface area contributed by atoms with Gasteiger partial charge in [-0.15, -0.1) is 0 Å². The van der Waals surface area contributed by atoms with Crippen LogP contribution in [-0.4, -0.2) is 49.1 Å². The van der Waals surface area contributed by atoms with Crippen molar-refractivity contribution >= 4 is 42.2 Å². The van der Waals surface area contributed by atoms with Crippen LogP contribution in [0.5, 0.6) is 11.5 Å². The fraction of sp³-hybridized carbons (Fsp3) is 0.355. The molecular formula is C31H37ClN4O3Si. The van der Waals surface area contributed by atoms with Crippen molar-refractivity contribution in [1.29, 1.82) is 0 Å². The number of para-hydroxylation sites is 1. The molecule has 2 aromatic heterocycles. The Morgan fingerprint density at radius 3 is 2.58 bits per heavy atom. The number of rotatable bonds is 11.